The quantitative estimate of drug-likeness (QED) is 0.722. The van der Waals surface area contributed by atoms with Gasteiger partial charge in [-0.3, -0.25) is 4.79 Å². The monoisotopic (exact) mass is 366 g/mol. The third kappa shape index (κ3) is 3.51. The molecule has 2 unspecified atom stereocenters. The lowest BCUT2D eigenvalue weighted by Crippen LogP contribution is -2.31. The molecule has 5 nitrogen and oxygen atoms in total. The molecule has 2 bridgehead atoms. The fourth-order valence-corrected chi connectivity index (χ4v) is 4.22. The van der Waals surface area contributed by atoms with Gasteiger partial charge in [-0.05, 0) is 85.9 Å². The van der Waals surface area contributed by atoms with E-state index in [-0.39, 0.29) is 0 Å². The van der Waals surface area contributed by atoms with Crippen LogP contribution in [0.5, 0.6) is 0 Å². The number of hydrogen-bond donors (Lipinski definition) is 3. The lowest BCUT2D eigenvalue weighted by Gasteiger charge is -2.29. The lowest BCUT2D eigenvalue weighted by atomic mass is 10.1. The second-order valence-electron chi connectivity index (χ2n) is 7.05. The average Bonchev–Trinajstić information content (AvgIpc) is 3.26. The van der Waals surface area contributed by atoms with E-state index in [1.807, 2.05) is 0 Å². The first-order valence-corrected chi connectivity index (χ1v) is 9.34. The molecule has 1 aliphatic carbocycles. The molecule has 1 amide bonds. The van der Waals surface area contributed by atoms with Crippen LogP contribution in [0, 0.1) is 5.92 Å². The van der Waals surface area contributed by atoms with Crippen LogP contribution in [0.25, 0.3) is 0 Å². The Morgan fingerprint density at radius 1 is 1.00 bits per heavy atom. The van der Waals surface area contributed by atoms with Gasteiger partial charge in [0.2, 0.25) is 5.91 Å². The Bertz CT molecular complexity index is 819. The maximum Gasteiger partial charge on any atom is 0.248 e. The third-order valence-electron chi connectivity index (χ3n) is 5.29. The van der Waals surface area contributed by atoms with E-state index >= 15 is 0 Å². The molecule has 2 aromatic carbocycles. The highest BCUT2D eigenvalue weighted by atomic mass is 32.1. The molecule has 1 aliphatic heterocycles. The van der Waals surface area contributed by atoms with Crippen LogP contribution in [0.3, 0.4) is 0 Å². The van der Waals surface area contributed by atoms with Crippen LogP contribution < -0.4 is 21.3 Å². The Morgan fingerprint density at radius 3 is 2.12 bits per heavy atom. The number of piperidine rings is 1. The van der Waals surface area contributed by atoms with Crippen molar-refractivity contribution < 1.29 is 4.79 Å². The molecule has 2 aliphatic rings. The zero-order valence-corrected chi connectivity index (χ0v) is 15.3. The number of nitrogens with two attached hydrogens (primary N) is 1. The molecular weight excluding hydrogens is 344 g/mol. The van der Waals surface area contributed by atoms with Gasteiger partial charge in [0.05, 0.1) is 0 Å². The minimum absolute atomic E-state index is 0.441. The van der Waals surface area contributed by atoms with Crippen molar-refractivity contribution in [3.05, 3.63) is 54.1 Å². The number of carbonyl (C=O) groups excluding carboxylic acids is 1. The normalized spacial score (nSPS) is 20.8. The van der Waals surface area contributed by atoms with Gasteiger partial charge in [0.1, 0.15) is 0 Å². The number of anilines is 3. The number of fused-ring (bicyclic) bond motifs is 2. The summed E-state index contributed by atoms with van der Waals surface area (Å²) >= 11 is 5.36. The Morgan fingerprint density at radius 2 is 1.62 bits per heavy atom. The van der Waals surface area contributed by atoms with E-state index < -0.39 is 5.91 Å². The number of primary amides is 1. The van der Waals surface area contributed by atoms with Crippen LogP contribution >= 0.6 is 12.2 Å². The summed E-state index contributed by atoms with van der Waals surface area (Å²) in [5, 5.41) is 6.80. The first kappa shape index (κ1) is 16.8. The van der Waals surface area contributed by atoms with E-state index in [1.54, 1.807) is 24.3 Å². The standard InChI is InChI=1S/C20H22N4OS/c21-19(25)14-2-4-15(5-3-14)22-20(26)23-16-6-9-17(10-7-16)24-12-13-1-8-18(24)11-13/h2-7,9-10,13,18H,1,8,11-12H2,(H2,21,25)(H2,22,23,26). The zero-order valence-electron chi connectivity index (χ0n) is 14.4. The van der Waals surface area contributed by atoms with E-state index in [0.717, 1.165) is 23.3 Å². The molecular formula is C20H22N4OS. The van der Waals surface area contributed by atoms with Gasteiger partial charge in [-0.15, -0.1) is 0 Å². The first-order chi connectivity index (χ1) is 12.6. The molecule has 6 heteroatoms. The summed E-state index contributed by atoms with van der Waals surface area (Å²) < 4.78 is 0. The van der Waals surface area contributed by atoms with Crippen LogP contribution in [-0.4, -0.2) is 23.6 Å². The molecule has 4 rings (SSSR count). The number of carbonyl (C=O) groups is 1. The van der Waals surface area contributed by atoms with Gasteiger partial charge in [0.25, 0.3) is 0 Å². The molecule has 2 aromatic rings. The summed E-state index contributed by atoms with van der Waals surface area (Å²) in [6.45, 7) is 1.19. The van der Waals surface area contributed by atoms with Crippen molar-refractivity contribution in [2.24, 2.45) is 11.7 Å². The summed E-state index contributed by atoms with van der Waals surface area (Å²) in [5.41, 5.74) is 8.76. The molecule has 4 N–H and O–H groups in total. The van der Waals surface area contributed by atoms with Gasteiger partial charge in [-0.25, -0.2) is 0 Å². The molecule has 134 valence electrons. The van der Waals surface area contributed by atoms with Gasteiger partial charge < -0.3 is 21.3 Å². The topological polar surface area (TPSA) is 70.4 Å². The summed E-state index contributed by atoms with van der Waals surface area (Å²) in [6.07, 6.45) is 4.07. The molecule has 1 saturated heterocycles. The highest BCUT2D eigenvalue weighted by molar-refractivity contribution is 7.80. The number of rotatable bonds is 4. The van der Waals surface area contributed by atoms with Crippen molar-refractivity contribution in [1.82, 2.24) is 0 Å². The number of benzene rings is 2. The molecule has 2 atom stereocenters. The summed E-state index contributed by atoms with van der Waals surface area (Å²) in [6, 6.07) is 16.1. The van der Waals surface area contributed by atoms with Crippen LogP contribution in [0.4, 0.5) is 17.1 Å². The van der Waals surface area contributed by atoms with Crippen molar-refractivity contribution in [2.45, 2.75) is 25.3 Å². The molecule has 0 spiro atoms. The van der Waals surface area contributed by atoms with E-state index in [9.17, 15) is 4.79 Å². The second-order valence-corrected chi connectivity index (χ2v) is 7.46. The van der Waals surface area contributed by atoms with Crippen LogP contribution in [0.2, 0.25) is 0 Å². The van der Waals surface area contributed by atoms with Crippen molar-refractivity contribution in [3.63, 3.8) is 0 Å². The highest BCUT2D eigenvalue weighted by Gasteiger charge is 2.37. The summed E-state index contributed by atoms with van der Waals surface area (Å²) in [5.74, 6) is 0.444. The molecule has 0 radical (unpaired) electrons. The average molecular weight is 366 g/mol. The van der Waals surface area contributed by atoms with Crippen molar-refractivity contribution in [3.8, 4) is 0 Å². The number of nitrogens with one attached hydrogen (secondary N) is 2. The summed E-state index contributed by atoms with van der Waals surface area (Å²) in [7, 11) is 0. The minimum Gasteiger partial charge on any atom is -0.368 e. The molecule has 0 aromatic heterocycles. The molecule has 1 heterocycles. The van der Waals surface area contributed by atoms with Crippen molar-refractivity contribution in [1.29, 1.82) is 0 Å². The molecule has 26 heavy (non-hydrogen) atoms. The SMILES string of the molecule is NC(=O)c1ccc(NC(=S)Nc2ccc(N3CC4CCC3C4)cc2)cc1. The predicted molar refractivity (Wildman–Crippen MR) is 110 cm³/mol. The number of amides is 1. The summed E-state index contributed by atoms with van der Waals surface area (Å²) in [4.78, 5) is 13.6. The second kappa shape index (κ2) is 6.96. The zero-order chi connectivity index (χ0) is 18.1. The van der Waals surface area contributed by atoms with Gasteiger partial charge >= 0.3 is 0 Å². The van der Waals surface area contributed by atoms with E-state index in [4.69, 9.17) is 18.0 Å². The van der Waals surface area contributed by atoms with Crippen molar-refractivity contribution in [2.75, 3.05) is 22.1 Å². The van der Waals surface area contributed by atoms with Gasteiger partial charge in [0, 0.05) is 35.2 Å². The number of nitrogens with zero attached hydrogens (tertiary/aromatic N) is 1. The van der Waals surface area contributed by atoms with Crippen molar-refractivity contribution >= 4 is 40.3 Å². The largest absolute Gasteiger partial charge is 0.368 e. The van der Waals surface area contributed by atoms with Gasteiger partial charge in [-0.2, -0.15) is 0 Å². The van der Waals surface area contributed by atoms with E-state index in [1.165, 1.54) is 31.5 Å². The Kier molecular flexibility index (Phi) is 4.51. The number of hydrogen-bond acceptors (Lipinski definition) is 3. The first-order valence-electron chi connectivity index (χ1n) is 8.93. The lowest BCUT2D eigenvalue weighted by molar-refractivity contribution is 0.100. The fraction of sp³-hybridized carbons (Fsp3) is 0.300. The minimum atomic E-state index is -0.441. The fourth-order valence-electron chi connectivity index (χ4n) is 3.99. The number of thiocarbonyl (C=S) groups is 1. The third-order valence-corrected chi connectivity index (χ3v) is 5.50. The Hall–Kier alpha value is -2.60. The maximum atomic E-state index is 11.1. The molecule has 1 saturated carbocycles. The molecule has 2 fully saturated rings. The predicted octanol–water partition coefficient (Wildman–Crippen LogP) is 3.58. The van der Waals surface area contributed by atoms with E-state index in [0.29, 0.717) is 10.7 Å². The Labute approximate surface area is 158 Å². The van der Waals surface area contributed by atoms with E-state index in [2.05, 4.69) is 39.8 Å². The van der Waals surface area contributed by atoms with Gasteiger partial charge in [-0.1, -0.05) is 0 Å². The smallest absolute Gasteiger partial charge is 0.248 e. The van der Waals surface area contributed by atoms with Gasteiger partial charge in [0.15, 0.2) is 5.11 Å². The van der Waals surface area contributed by atoms with Crippen LogP contribution in [-0.2, 0) is 0 Å². The Balaban J connectivity index is 1.35. The maximum absolute atomic E-state index is 11.1. The van der Waals surface area contributed by atoms with Crippen LogP contribution in [0.15, 0.2) is 48.5 Å². The highest BCUT2D eigenvalue weighted by Crippen LogP contribution is 2.40. The van der Waals surface area contributed by atoms with Crippen LogP contribution in [0.1, 0.15) is 29.6 Å².